The van der Waals surface area contributed by atoms with E-state index in [0.29, 0.717) is 0 Å². The van der Waals surface area contributed by atoms with E-state index in [1.807, 2.05) is 6.39 Å². The van der Waals surface area contributed by atoms with Crippen LogP contribution in [0.15, 0.2) is 13.6 Å². The molecular weight excluding hydrogens is 166 g/mol. The summed E-state index contributed by atoms with van der Waals surface area (Å²) in [5.74, 6) is -0.765. The molecule has 2 aromatic heterocycles. The first kappa shape index (κ1) is 6.58. The predicted molar refractivity (Wildman–Crippen MR) is 33.2 cm³/mol. The highest BCUT2D eigenvalue weighted by atomic mass is 16.4. The van der Waals surface area contributed by atoms with Crippen molar-refractivity contribution in [2.24, 2.45) is 0 Å². The van der Waals surface area contributed by atoms with Crippen LogP contribution in [0.25, 0.3) is 6.01 Å². The summed E-state index contributed by atoms with van der Waals surface area (Å²) in [6, 6.07) is -0.303. The summed E-state index contributed by atoms with van der Waals surface area (Å²) >= 11 is 0. The van der Waals surface area contributed by atoms with Crippen molar-refractivity contribution in [3.63, 3.8) is 0 Å². The molecule has 0 aliphatic carbocycles. The largest absolute Gasteiger partial charge is 0.446 e. The topological polar surface area (TPSA) is 113 Å². The summed E-state index contributed by atoms with van der Waals surface area (Å²) in [7, 11) is 0. The molecule has 8 nitrogen and oxygen atoms in total. The minimum Gasteiger partial charge on any atom is -0.388 e. The first-order chi connectivity index (χ1) is 5.77. The highest BCUT2D eigenvalue weighted by Crippen LogP contribution is 2.01. The van der Waals surface area contributed by atoms with Crippen molar-refractivity contribution >= 4 is 6.01 Å². The van der Waals surface area contributed by atoms with Gasteiger partial charge < -0.3 is 14.6 Å². The van der Waals surface area contributed by atoms with Crippen LogP contribution in [0.2, 0.25) is 0 Å². The van der Waals surface area contributed by atoms with Crippen LogP contribution in [0, 0.1) is 6.39 Å². The van der Waals surface area contributed by atoms with Crippen LogP contribution in [0.3, 0.4) is 0 Å². The zero-order valence-corrected chi connectivity index (χ0v) is 5.59. The third-order valence-electron chi connectivity index (χ3n) is 1.06. The number of nitrogens with two attached hydrogens (primary N) is 1. The molecule has 0 saturated heterocycles. The first-order valence-corrected chi connectivity index (χ1v) is 2.83. The van der Waals surface area contributed by atoms with Crippen molar-refractivity contribution in [3.05, 3.63) is 16.9 Å². The van der Waals surface area contributed by atoms with Crippen molar-refractivity contribution in [2.75, 3.05) is 5.73 Å². The van der Waals surface area contributed by atoms with Crippen LogP contribution in [-0.4, -0.2) is 20.0 Å². The third-order valence-corrected chi connectivity index (χ3v) is 1.06. The van der Waals surface area contributed by atoms with Gasteiger partial charge in [0.25, 0.3) is 0 Å². The van der Waals surface area contributed by atoms with Crippen LogP contribution in [0.5, 0.6) is 0 Å². The third kappa shape index (κ3) is 0.856. The molecule has 0 aromatic carbocycles. The lowest BCUT2D eigenvalue weighted by Gasteiger charge is -1.83. The van der Waals surface area contributed by atoms with Gasteiger partial charge in [0.2, 0.25) is 0 Å². The van der Waals surface area contributed by atoms with Crippen molar-refractivity contribution < 1.29 is 8.83 Å². The van der Waals surface area contributed by atoms with Gasteiger partial charge in [-0.15, -0.1) is 9.78 Å². The predicted octanol–water partition coefficient (Wildman–Crippen LogP) is -1.41. The van der Waals surface area contributed by atoms with Crippen LogP contribution in [-0.2, 0) is 0 Å². The fraction of sp³-hybridized carbons (Fsp3) is 0. The molecule has 0 aliphatic rings. The van der Waals surface area contributed by atoms with Gasteiger partial charge in [0, 0.05) is 0 Å². The number of aromatic nitrogens is 4. The number of nitrogens with zero attached hydrogens (tertiary/aromatic N) is 4. The zero-order valence-electron chi connectivity index (χ0n) is 5.59. The highest BCUT2D eigenvalue weighted by molar-refractivity contribution is 5.10. The fourth-order valence-electron chi connectivity index (χ4n) is 0.617. The average Bonchev–Trinajstić information content (AvgIpc) is 2.58. The van der Waals surface area contributed by atoms with E-state index in [0.717, 1.165) is 4.68 Å². The lowest BCUT2D eigenvalue weighted by Crippen LogP contribution is -2.13. The Labute approximate surface area is 64.6 Å². The van der Waals surface area contributed by atoms with E-state index in [9.17, 15) is 4.79 Å². The lowest BCUT2D eigenvalue weighted by molar-refractivity contribution is 0.470. The molecule has 2 heterocycles. The quantitative estimate of drug-likeness (QED) is 0.556. The summed E-state index contributed by atoms with van der Waals surface area (Å²) in [5.41, 5.74) is 5.11. The molecule has 8 heteroatoms. The van der Waals surface area contributed by atoms with Gasteiger partial charge in [-0.05, 0) is 0 Å². The second kappa shape index (κ2) is 2.19. The number of hydrogen-bond acceptors (Lipinski definition) is 7. The Balaban J connectivity index is 2.58. The molecule has 0 fully saturated rings. The van der Waals surface area contributed by atoms with Gasteiger partial charge in [0.1, 0.15) is 0 Å². The number of hydrogen-bond donors (Lipinski definition) is 1. The van der Waals surface area contributed by atoms with Crippen LogP contribution in [0.1, 0.15) is 0 Å². The molecule has 2 rings (SSSR count). The monoisotopic (exact) mass is 168 g/mol. The molecule has 2 N–H and O–H groups in total. The second-order valence-corrected chi connectivity index (χ2v) is 1.79. The summed E-state index contributed by atoms with van der Waals surface area (Å²) in [5, 5.41) is 10.1. The molecule has 0 atom stereocenters. The van der Waals surface area contributed by atoms with Crippen molar-refractivity contribution in [2.45, 2.75) is 0 Å². The van der Waals surface area contributed by atoms with Gasteiger partial charge in [-0.25, -0.2) is 4.79 Å². The minimum absolute atomic E-state index is 0.150. The molecule has 0 aliphatic heterocycles. The number of rotatable bonds is 1. The fourth-order valence-corrected chi connectivity index (χ4v) is 0.617. The molecule has 61 valence electrons. The maximum Gasteiger partial charge on any atom is 0.446 e. The van der Waals surface area contributed by atoms with Crippen LogP contribution >= 0.6 is 0 Å². The maximum absolute atomic E-state index is 10.8. The van der Waals surface area contributed by atoms with Crippen LogP contribution < -0.4 is 11.5 Å². The van der Waals surface area contributed by atoms with E-state index in [-0.39, 0.29) is 12.0 Å². The van der Waals surface area contributed by atoms with Crippen molar-refractivity contribution in [1.29, 1.82) is 0 Å². The molecule has 0 saturated carbocycles. The standard InChI is InChI=1S/C4H2N5O3/c5-2-7-8-3(12-2)9-4(10)11-1-6-9/h(H2,5,7). The average molecular weight is 168 g/mol. The van der Waals surface area contributed by atoms with Gasteiger partial charge in [-0.3, -0.25) is 0 Å². The Morgan fingerprint density at radius 3 is 2.83 bits per heavy atom. The number of anilines is 1. The van der Waals surface area contributed by atoms with E-state index in [4.69, 9.17) is 5.73 Å². The van der Waals surface area contributed by atoms with Gasteiger partial charge >= 0.3 is 24.2 Å². The summed E-state index contributed by atoms with van der Waals surface area (Å²) < 4.78 is 9.66. The van der Waals surface area contributed by atoms with Crippen molar-refractivity contribution in [1.82, 2.24) is 20.0 Å². The minimum atomic E-state index is -0.765. The summed E-state index contributed by atoms with van der Waals surface area (Å²) in [6.07, 6.45) is 1.96. The molecule has 0 amide bonds. The molecule has 0 bridgehead atoms. The van der Waals surface area contributed by atoms with Crippen LogP contribution in [0.4, 0.5) is 6.01 Å². The Morgan fingerprint density at radius 1 is 1.50 bits per heavy atom. The van der Waals surface area contributed by atoms with Gasteiger partial charge in [-0.2, -0.15) is 0 Å². The molecule has 2 aromatic rings. The lowest BCUT2D eigenvalue weighted by atomic mass is 11.1. The summed E-state index contributed by atoms with van der Waals surface area (Å²) in [4.78, 5) is 10.8. The smallest absolute Gasteiger partial charge is 0.388 e. The molecule has 0 spiro atoms. The van der Waals surface area contributed by atoms with E-state index in [1.54, 1.807) is 0 Å². The van der Waals surface area contributed by atoms with E-state index < -0.39 is 5.76 Å². The van der Waals surface area contributed by atoms with E-state index >= 15 is 0 Å². The summed E-state index contributed by atoms with van der Waals surface area (Å²) in [6.45, 7) is 0. The Bertz CT molecular complexity index is 439. The van der Waals surface area contributed by atoms with Gasteiger partial charge in [0.05, 0.1) is 0 Å². The SMILES string of the molecule is Nc1nnc(-n2n[c]oc2=O)o1. The maximum atomic E-state index is 10.8. The molecule has 0 unspecified atom stereocenters. The Hall–Kier alpha value is -2.12. The first-order valence-electron chi connectivity index (χ1n) is 2.83. The molecule has 1 radical (unpaired) electrons. The normalized spacial score (nSPS) is 10.3. The zero-order chi connectivity index (χ0) is 8.55. The number of nitrogen functional groups attached to an aromatic ring is 1. The second-order valence-electron chi connectivity index (χ2n) is 1.79. The Morgan fingerprint density at radius 2 is 2.33 bits per heavy atom. The van der Waals surface area contributed by atoms with E-state index in [1.165, 1.54) is 0 Å². The Kier molecular flexibility index (Phi) is 1.20. The van der Waals surface area contributed by atoms with E-state index in [2.05, 4.69) is 24.1 Å². The molecule has 12 heavy (non-hydrogen) atoms. The van der Waals surface area contributed by atoms with Gasteiger partial charge in [0.15, 0.2) is 0 Å². The van der Waals surface area contributed by atoms with Crippen molar-refractivity contribution in [3.8, 4) is 6.01 Å². The highest BCUT2D eigenvalue weighted by Gasteiger charge is 2.10. The van der Waals surface area contributed by atoms with Gasteiger partial charge in [-0.1, -0.05) is 10.2 Å². The molecular formula is C4H2N5O3.